The Kier molecular flexibility index (Phi) is 8.66. The van der Waals surface area contributed by atoms with Crippen molar-refractivity contribution in [3.8, 4) is 11.5 Å². The molecule has 9 heteroatoms. The highest BCUT2D eigenvalue weighted by Gasteiger charge is 2.44. The Labute approximate surface area is 169 Å². The largest absolute Gasteiger partial charge is 0.493 e. The Morgan fingerprint density at radius 3 is 2.52 bits per heavy atom. The molecule has 0 saturated carbocycles. The molecule has 0 aromatic heterocycles. The summed E-state index contributed by atoms with van der Waals surface area (Å²) in [4.78, 5) is 11.4. The number of hydrogen-bond donors (Lipinski definition) is 4. The number of benzene rings is 1. The van der Waals surface area contributed by atoms with E-state index < -0.39 is 37.3 Å². The normalized spacial score (nSPS) is 27.0. The average Bonchev–Trinajstić information content (AvgIpc) is 2.71. The first-order chi connectivity index (χ1) is 13.8. The zero-order valence-electron chi connectivity index (χ0n) is 16.9. The zero-order chi connectivity index (χ0) is 21.6. The second-order valence-electron chi connectivity index (χ2n) is 7.30. The van der Waals surface area contributed by atoms with Gasteiger partial charge in [0.15, 0.2) is 0 Å². The molecule has 0 amide bonds. The molecule has 1 aromatic rings. The number of rotatable bonds is 9. The van der Waals surface area contributed by atoms with Gasteiger partial charge in [-0.2, -0.15) is 0 Å². The van der Waals surface area contributed by atoms with Crippen LogP contribution in [0.2, 0.25) is 0 Å². The first-order valence-corrected chi connectivity index (χ1v) is 9.65. The Balaban J connectivity index is 2.17. The van der Waals surface area contributed by atoms with E-state index in [4.69, 9.17) is 18.9 Å². The second kappa shape index (κ2) is 10.7. The summed E-state index contributed by atoms with van der Waals surface area (Å²) in [6.45, 7) is 5.61. The predicted molar refractivity (Wildman–Crippen MR) is 101 cm³/mol. The molecule has 164 valence electrons. The highest BCUT2D eigenvalue weighted by molar-refractivity contribution is 5.69. The van der Waals surface area contributed by atoms with Crippen LogP contribution in [0.15, 0.2) is 18.2 Å². The molecule has 0 aliphatic carbocycles. The number of ether oxygens (including phenoxy) is 4. The first-order valence-electron chi connectivity index (χ1n) is 9.65. The molecule has 1 heterocycles. The highest BCUT2D eigenvalue weighted by atomic mass is 16.7. The summed E-state index contributed by atoms with van der Waals surface area (Å²) in [5.74, 6) is 0.654. The van der Waals surface area contributed by atoms with E-state index in [-0.39, 0.29) is 30.7 Å². The van der Waals surface area contributed by atoms with Gasteiger partial charge in [0.25, 0.3) is 0 Å². The second-order valence-corrected chi connectivity index (χ2v) is 7.30. The van der Waals surface area contributed by atoms with Gasteiger partial charge in [-0.25, -0.2) is 0 Å². The fourth-order valence-electron chi connectivity index (χ4n) is 2.68. The highest BCUT2D eigenvalue weighted by Crippen LogP contribution is 2.29. The van der Waals surface area contributed by atoms with Gasteiger partial charge in [0.05, 0.1) is 13.2 Å². The monoisotopic (exact) mass is 414 g/mol. The van der Waals surface area contributed by atoms with E-state index in [0.29, 0.717) is 17.9 Å². The van der Waals surface area contributed by atoms with Crippen molar-refractivity contribution in [1.29, 1.82) is 0 Å². The van der Waals surface area contributed by atoms with Gasteiger partial charge in [-0.3, -0.25) is 4.79 Å². The van der Waals surface area contributed by atoms with Crippen molar-refractivity contribution in [2.45, 2.75) is 64.5 Å². The van der Waals surface area contributed by atoms with Crippen molar-refractivity contribution in [3.63, 3.8) is 0 Å². The van der Waals surface area contributed by atoms with Crippen LogP contribution >= 0.6 is 0 Å². The molecule has 1 saturated heterocycles. The standard InChI is InChI=1S/C20H30O9/c1-4-16(22)27-10-12-5-6-13(7-14(12)26-9-11(2)3)28-20-19(25)18(24)17(23)15(8-21)29-20/h5-7,11,15,17-21,23-25H,4,8-10H2,1-3H3/t15-,17-,18+,19-,20-/m1/s1. The maximum absolute atomic E-state index is 11.4. The van der Waals surface area contributed by atoms with E-state index in [1.165, 1.54) is 0 Å². The van der Waals surface area contributed by atoms with Crippen LogP contribution in [-0.4, -0.2) is 70.3 Å². The maximum atomic E-state index is 11.4. The Hall–Kier alpha value is -1.91. The van der Waals surface area contributed by atoms with Gasteiger partial charge in [-0.15, -0.1) is 0 Å². The van der Waals surface area contributed by atoms with Crippen LogP contribution in [-0.2, 0) is 20.9 Å². The van der Waals surface area contributed by atoms with Crippen molar-refractivity contribution in [1.82, 2.24) is 0 Å². The SMILES string of the molecule is CCC(=O)OCc1ccc(O[C@@H]2O[C@H](CO)[C@@H](O)[C@H](O)[C@H]2O)cc1OCC(C)C. The molecule has 4 N–H and O–H groups in total. The number of aliphatic hydroxyl groups is 4. The minimum absolute atomic E-state index is 0.0421. The predicted octanol–water partition coefficient (Wildman–Crippen LogP) is 0.353. The van der Waals surface area contributed by atoms with Crippen LogP contribution in [0.4, 0.5) is 0 Å². The molecule has 1 fully saturated rings. The van der Waals surface area contributed by atoms with Gasteiger partial charge in [0, 0.05) is 18.1 Å². The van der Waals surface area contributed by atoms with Gasteiger partial charge in [-0.05, 0) is 18.1 Å². The summed E-state index contributed by atoms with van der Waals surface area (Å²) in [6.07, 6.45) is -6.61. The zero-order valence-corrected chi connectivity index (χ0v) is 16.9. The minimum Gasteiger partial charge on any atom is -0.493 e. The summed E-state index contributed by atoms with van der Waals surface area (Å²) in [7, 11) is 0. The van der Waals surface area contributed by atoms with Gasteiger partial charge < -0.3 is 39.4 Å². The molecule has 29 heavy (non-hydrogen) atoms. The average molecular weight is 414 g/mol. The molecule has 0 bridgehead atoms. The van der Waals surface area contributed by atoms with Crippen LogP contribution in [0.5, 0.6) is 11.5 Å². The van der Waals surface area contributed by atoms with E-state index >= 15 is 0 Å². The summed E-state index contributed by atoms with van der Waals surface area (Å²) in [5, 5.41) is 39.2. The van der Waals surface area contributed by atoms with E-state index in [1.54, 1.807) is 25.1 Å². The number of hydrogen-bond acceptors (Lipinski definition) is 9. The van der Waals surface area contributed by atoms with E-state index in [2.05, 4.69) is 0 Å². The quantitative estimate of drug-likeness (QED) is 0.422. The van der Waals surface area contributed by atoms with E-state index in [0.717, 1.165) is 0 Å². The Morgan fingerprint density at radius 2 is 1.90 bits per heavy atom. The first kappa shape index (κ1) is 23.4. The van der Waals surface area contributed by atoms with Crippen molar-refractivity contribution < 1.29 is 44.2 Å². The van der Waals surface area contributed by atoms with Crippen LogP contribution in [0, 0.1) is 5.92 Å². The molecule has 1 aromatic carbocycles. The fourth-order valence-corrected chi connectivity index (χ4v) is 2.68. The lowest BCUT2D eigenvalue weighted by Gasteiger charge is -2.39. The summed E-state index contributed by atoms with van der Waals surface area (Å²) >= 11 is 0. The summed E-state index contributed by atoms with van der Waals surface area (Å²) in [5.41, 5.74) is 0.647. The molecule has 1 aliphatic rings. The van der Waals surface area contributed by atoms with Crippen LogP contribution in [0.25, 0.3) is 0 Å². The third-order valence-electron chi connectivity index (χ3n) is 4.39. The molecule has 0 spiro atoms. The maximum Gasteiger partial charge on any atom is 0.305 e. The van der Waals surface area contributed by atoms with Crippen molar-refractivity contribution in [2.75, 3.05) is 13.2 Å². The van der Waals surface area contributed by atoms with E-state index in [1.807, 2.05) is 13.8 Å². The molecule has 5 atom stereocenters. The molecule has 0 radical (unpaired) electrons. The summed E-state index contributed by atoms with van der Waals surface area (Å²) in [6, 6.07) is 4.82. The van der Waals surface area contributed by atoms with Gasteiger partial charge in [0.2, 0.25) is 6.29 Å². The molecular formula is C20H30O9. The Bertz CT molecular complexity index is 661. The molecule has 9 nitrogen and oxygen atoms in total. The lowest BCUT2D eigenvalue weighted by molar-refractivity contribution is -0.277. The minimum atomic E-state index is -1.53. The smallest absolute Gasteiger partial charge is 0.305 e. The van der Waals surface area contributed by atoms with Gasteiger partial charge >= 0.3 is 5.97 Å². The van der Waals surface area contributed by atoms with Crippen molar-refractivity contribution in [2.24, 2.45) is 5.92 Å². The van der Waals surface area contributed by atoms with Crippen LogP contribution in [0.3, 0.4) is 0 Å². The fraction of sp³-hybridized carbons (Fsp3) is 0.650. The van der Waals surface area contributed by atoms with Crippen LogP contribution < -0.4 is 9.47 Å². The lowest BCUT2D eigenvalue weighted by atomic mass is 9.99. The lowest BCUT2D eigenvalue weighted by Crippen LogP contribution is -2.60. The van der Waals surface area contributed by atoms with Crippen LogP contribution in [0.1, 0.15) is 32.8 Å². The number of esters is 1. The number of carbonyl (C=O) groups is 1. The topological polar surface area (TPSA) is 135 Å². The van der Waals surface area contributed by atoms with Crippen molar-refractivity contribution in [3.05, 3.63) is 23.8 Å². The Morgan fingerprint density at radius 1 is 1.17 bits per heavy atom. The molecular weight excluding hydrogens is 384 g/mol. The van der Waals surface area contributed by atoms with Crippen molar-refractivity contribution >= 4 is 5.97 Å². The van der Waals surface area contributed by atoms with E-state index in [9.17, 15) is 25.2 Å². The molecule has 0 unspecified atom stereocenters. The molecule has 1 aliphatic heterocycles. The van der Waals surface area contributed by atoms with Gasteiger partial charge in [-0.1, -0.05) is 20.8 Å². The molecule has 2 rings (SSSR count). The number of carbonyl (C=O) groups excluding carboxylic acids is 1. The van der Waals surface area contributed by atoms with Gasteiger partial charge in [0.1, 0.15) is 42.5 Å². The third kappa shape index (κ3) is 6.28. The number of aliphatic hydroxyl groups excluding tert-OH is 4. The third-order valence-corrected chi connectivity index (χ3v) is 4.39. The summed E-state index contributed by atoms with van der Waals surface area (Å²) < 4.78 is 21.9.